The van der Waals surface area contributed by atoms with Crippen LogP contribution < -0.4 is 5.32 Å². The number of aryl methyl sites for hydroxylation is 1. The molecule has 2 rings (SSSR count). The predicted octanol–water partition coefficient (Wildman–Crippen LogP) is 2.23. The van der Waals surface area contributed by atoms with Gasteiger partial charge < -0.3 is 10.1 Å². The van der Waals surface area contributed by atoms with Gasteiger partial charge in [0.2, 0.25) is 0 Å². The lowest BCUT2D eigenvalue weighted by molar-refractivity contribution is 0.0780. The number of nitrogens with zero attached hydrogens (tertiary/aromatic N) is 1. The van der Waals surface area contributed by atoms with Gasteiger partial charge in [0.05, 0.1) is 5.01 Å². The van der Waals surface area contributed by atoms with Crippen molar-refractivity contribution < 1.29 is 4.74 Å². The molecule has 0 atom stereocenters. The van der Waals surface area contributed by atoms with Gasteiger partial charge in [0, 0.05) is 30.8 Å². The fourth-order valence-electron chi connectivity index (χ4n) is 1.99. The zero-order valence-corrected chi connectivity index (χ0v) is 10.5. The second-order valence-corrected chi connectivity index (χ2v) is 5.20. The van der Waals surface area contributed by atoms with Crippen LogP contribution in [-0.4, -0.2) is 30.8 Å². The minimum absolute atomic E-state index is 0.689. The highest BCUT2D eigenvalue weighted by atomic mass is 32.1. The SMILES string of the molecule is c1csc(CCCCNC2CCOCC2)n1. The summed E-state index contributed by atoms with van der Waals surface area (Å²) in [4.78, 5) is 4.29. The molecular formula is C12H20N2OS. The molecule has 90 valence electrons. The van der Waals surface area contributed by atoms with Crippen molar-refractivity contribution in [3.63, 3.8) is 0 Å². The number of thiazole rings is 1. The Kier molecular flexibility index (Phi) is 5.25. The van der Waals surface area contributed by atoms with Crippen molar-refractivity contribution >= 4 is 11.3 Å². The normalized spacial score (nSPS) is 17.8. The average molecular weight is 240 g/mol. The maximum absolute atomic E-state index is 5.33. The van der Waals surface area contributed by atoms with Crippen molar-refractivity contribution in [3.8, 4) is 0 Å². The van der Waals surface area contributed by atoms with Gasteiger partial charge in [-0.25, -0.2) is 4.98 Å². The van der Waals surface area contributed by atoms with Gasteiger partial charge in [-0.3, -0.25) is 0 Å². The van der Waals surface area contributed by atoms with Crippen LogP contribution in [0.4, 0.5) is 0 Å². The Balaban J connectivity index is 1.48. The Hall–Kier alpha value is -0.450. The molecule has 1 N–H and O–H groups in total. The average Bonchev–Trinajstić information content (AvgIpc) is 2.83. The van der Waals surface area contributed by atoms with E-state index >= 15 is 0 Å². The molecule has 0 unspecified atom stereocenters. The lowest BCUT2D eigenvalue weighted by atomic mass is 10.1. The first-order chi connectivity index (χ1) is 7.95. The molecule has 0 saturated carbocycles. The maximum atomic E-state index is 5.33. The number of rotatable bonds is 6. The number of nitrogens with one attached hydrogen (secondary N) is 1. The van der Waals surface area contributed by atoms with Gasteiger partial charge in [0.25, 0.3) is 0 Å². The molecule has 0 spiro atoms. The van der Waals surface area contributed by atoms with Crippen LogP contribution in [0.2, 0.25) is 0 Å². The van der Waals surface area contributed by atoms with Crippen LogP contribution >= 0.6 is 11.3 Å². The Labute approximate surface area is 101 Å². The van der Waals surface area contributed by atoms with Gasteiger partial charge in [0.1, 0.15) is 0 Å². The van der Waals surface area contributed by atoms with Crippen LogP contribution in [0.15, 0.2) is 11.6 Å². The van der Waals surface area contributed by atoms with Crippen molar-refractivity contribution in [2.24, 2.45) is 0 Å². The second-order valence-electron chi connectivity index (χ2n) is 4.22. The van der Waals surface area contributed by atoms with E-state index in [2.05, 4.69) is 15.7 Å². The van der Waals surface area contributed by atoms with Gasteiger partial charge in [-0.05, 0) is 38.6 Å². The molecule has 16 heavy (non-hydrogen) atoms. The van der Waals surface area contributed by atoms with Crippen LogP contribution in [0.25, 0.3) is 0 Å². The molecule has 0 amide bonds. The van der Waals surface area contributed by atoms with Gasteiger partial charge >= 0.3 is 0 Å². The number of hydrogen-bond acceptors (Lipinski definition) is 4. The Morgan fingerprint density at radius 2 is 2.25 bits per heavy atom. The van der Waals surface area contributed by atoms with E-state index in [0.717, 1.165) is 26.2 Å². The Bertz CT molecular complexity index is 271. The maximum Gasteiger partial charge on any atom is 0.0924 e. The van der Waals surface area contributed by atoms with Crippen LogP contribution in [-0.2, 0) is 11.2 Å². The number of aromatic nitrogens is 1. The van der Waals surface area contributed by atoms with Crippen LogP contribution in [0.1, 0.15) is 30.7 Å². The van der Waals surface area contributed by atoms with E-state index in [4.69, 9.17) is 4.74 Å². The zero-order chi connectivity index (χ0) is 11.1. The summed E-state index contributed by atoms with van der Waals surface area (Å²) in [7, 11) is 0. The smallest absolute Gasteiger partial charge is 0.0924 e. The van der Waals surface area contributed by atoms with Crippen molar-refractivity contribution in [1.82, 2.24) is 10.3 Å². The second kappa shape index (κ2) is 6.99. The number of hydrogen-bond donors (Lipinski definition) is 1. The molecule has 4 heteroatoms. The molecule has 1 aromatic rings. The molecular weight excluding hydrogens is 220 g/mol. The van der Waals surface area contributed by atoms with Crippen molar-refractivity contribution in [1.29, 1.82) is 0 Å². The Morgan fingerprint density at radius 3 is 3.00 bits per heavy atom. The molecule has 0 radical (unpaired) electrons. The van der Waals surface area contributed by atoms with E-state index in [9.17, 15) is 0 Å². The van der Waals surface area contributed by atoms with E-state index in [1.54, 1.807) is 11.3 Å². The molecule has 3 nitrogen and oxygen atoms in total. The zero-order valence-electron chi connectivity index (χ0n) is 9.65. The summed E-state index contributed by atoms with van der Waals surface area (Å²) in [6, 6.07) is 0.689. The fraction of sp³-hybridized carbons (Fsp3) is 0.750. The molecule has 1 aliphatic rings. The third kappa shape index (κ3) is 4.20. The molecule has 2 heterocycles. The first kappa shape index (κ1) is 12.0. The first-order valence-electron chi connectivity index (χ1n) is 6.14. The van der Waals surface area contributed by atoms with Crippen molar-refractivity contribution in [2.75, 3.05) is 19.8 Å². The predicted molar refractivity (Wildman–Crippen MR) is 66.9 cm³/mol. The molecule has 1 aromatic heterocycles. The molecule has 0 aliphatic carbocycles. The summed E-state index contributed by atoms with van der Waals surface area (Å²) in [5.41, 5.74) is 0. The highest BCUT2D eigenvalue weighted by Gasteiger charge is 2.11. The third-order valence-electron chi connectivity index (χ3n) is 2.96. The standard InChI is InChI=1S/C12H20N2OS/c1(3-12-14-7-10-16-12)2-6-13-11-4-8-15-9-5-11/h7,10-11,13H,1-6,8-9H2. The number of ether oxygens (including phenoxy) is 1. The van der Waals surface area contributed by atoms with Crippen molar-refractivity contribution in [2.45, 2.75) is 38.1 Å². The van der Waals surface area contributed by atoms with Gasteiger partial charge in [0.15, 0.2) is 0 Å². The molecule has 1 fully saturated rings. The fourth-order valence-corrected chi connectivity index (χ4v) is 2.65. The molecule has 0 aromatic carbocycles. The van der Waals surface area contributed by atoms with Crippen molar-refractivity contribution in [3.05, 3.63) is 16.6 Å². The van der Waals surface area contributed by atoms with E-state index in [1.165, 1.54) is 30.7 Å². The van der Waals surface area contributed by atoms with Crippen LogP contribution in [0.3, 0.4) is 0 Å². The quantitative estimate of drug-likeness (QED) is 0.774. The first-order valence-corrected chi connectivity index (χ1v) is 7.02. The summed E-state index contributed by atoms with van der Waals surface area (Å²) in [5.74, 6) is 0. The van der Waals surface area contributed by atoms with E-state index in [-0.39, 0.29) is 0 Å². The van der Waals surface area contributed by atoms with Crippen LogP contribution in [0.5, 0.6) is 0 Å². The summed E-state index contributed by atoms with van der Waals surface area (Å²) in [6.07, 6.45) is 7.85. The van der Waals surface area contributed by atoms with E-state index in [0.29, 0.717) is 6.04 Å². The molecule has 1 aliphatic heterocycles. The summed E-state index contributed by atoms with van der Waals surface area (Å²) in [6.45, 7) is 2.99. The summed E-state index contributed by atoms with van der Waals surface area (Å²) in [5, 5.41) is 6.93. The minimum atomic E-state index is 0.689. The van der Waals surface area contributed by atoms with E-state index < -0.39 is 0 Å². The molecule has 1 saturated heterocycles. The van der Waals surface area contributed by atoms with E-state index in [1.807, 2.05) is 6.20 Å². The lowest BCUT2D eigenvalue weighted by Gasteiger charge is -2.23. The van der Waals surface area contributed by atoms with Gasteiger partial charge in [-0.2, -0.15) is 0 Å². The highest BCUT2D eigenvalue weighted by molar-refractivity contribution is 7.09. The summed E-state index contributed by atoms with van der Waals surface area (Å²) >= 11 is 1.76. The van der Waals surface area contributed by atoms with Crippen LogP contribution in [0, 0.1) is 0 Å². The largest absolute Gasteiger partial charge is 0.381 e. The summed E-state index contributed by atoms with van der Waals surface area (Å²) < 4.78 is 5.33. The van der Waals surface area contributed by atoms with Gasteiger partial charge in [-0.15, -0.1) is 11.3 Å². The topological polar surface area (TPSA) is 34.1 Å². The Morgan fingerprint density at radius 1 is 1.38 bits per heavy atom. The highest BCUT2D eigenvalue weighted by Crippen LogP contribution is 2.09. The van der Waals surface area contributed by atoms with Gasteiger partial charge in [-0.1, -0.05) is 0 Å². The lowest BCUT2D eigenvalue weighted by Crippen LogP contribution is -2.35. The molecule has 0 bridgehead atoms. The number of unbranched alkanes of at least 4 members (excludes halogenated alkanes) is 1. The monoisotopic (exact) mass is 240 g/mol. The third-order valence-corrected chi connectivity index (χ3v) is 3.79. The minimum Gasteiger partial charge on any atom is -0.381 e.